The first kappa shape index (κ1) is 13.6. The molecule has 8 nitrogen and oxygen atoms in total. The highest BCUT2D eigenvalue weighted by Crippen LogP contribution is 2.45. The maximum Gasteiger partial charge on any atom is 0.242 e. The van der Waals surface area contributed by atoms with Crippen LogP contribution in [0, 0.1) is 0 Å². The van der Waals surface area contributed by atoms with Crippen molar-refractivity contribution in [3.05, 3.63) is 36.2 Å². The van der Waals surface area contributed by atoms with E-state index in [0.717, 1.165) is 11.4 Å². The molecule has 2 aliphatic heterocycles. The molecule has 0 saturated carbocycles. The van der Waals surface area contributed by atoms with Gasteiger partial charge in [-0.3, -0.25) is 9.59 Å². The molecule has 4 rings (SSSR count). The Balaban J connectivity index is 1.74. The van der Waals surface area contributed by atoms with Crippen LogP contribution in [0.25, 0.3) is 0 Å². The van der Waals surface area contributed by atoms with Gasteiger partial charge >= 0.3 is 0 Å². The van der Waals surface area contributed by atoms with Crippen LogP contribution >= 0.6 is 0 Å². The number of amides is 1. The second kappa shape index (κ2) is 4.48. The maximum atomic E-state index is 12.2. The summed E-state index contributed by atoms with van der Waals surface area (Å²) in [5, 5.41) is 9.29. The largest absolute Gasteiger partial charge is 0.357 e. The number of nitrogens with zero attached hydrogens (tertiary/aromatic N) is 3. The zero-order chi connectivity index (χ0) is 16.2. The van der Waals surface area contributed by atoms with Crippen molar-refractivity contribution in [1.29, 1.82) is 0 Å². The molecule has 0 aliphatic carbocycles. The molecule has 1 aromatic heterocycles. The van der Waals surface area contributed by atoms with E-state index in [4.69, 9.17) is 0 Å². The first-order valence-corrected chi connectivity index (χ1v) is 7.16. The quantitative estimate of drug-likeness (QED) is 0.715. The molecule has 0 fully saturated rings. The Kier molecular flexibility index (Phi) is 2.65. The van der Waals surface area contributed by atoms with Crippen LogP contribution in [0.2, 0.25) is 0 Å². The number of aromatic nitrogens is 3. The normalized spacial score (nSPS) is 24.3. The Morgan fingerprint density at radius 1 is 1.13 bits per heavy atom. The van der Waals surface area contributed by atoms with Crippen LogP contribution < -0.4 is 16.0 Å². The second-order valence-corrected chi connectivity index (χ2v) is 5.80. The number of rotatable bonds is 2. The average molecular weight is 310 g/mol. The van der Waals surface area contributed by atoms with Crippen molar-refractivity contribution in [3.8, 4) is 0 Å². The predicted octanol–water partition coefficient (Wildman–Crippen LogP) is 1.21. The highest BCUT2D eigenvalue weighted by molar-refractivity contribution is 6.21. The maximum absolute atomic E-state index is 12.2. The average Bonchev–Trinajstić information content (AvgIpc) is 3.06. The van der Waals surface area contributed by atoms with E-state index in [1.807, 2.05) is 12.1 Å². The van der Waals surface area contributed by atoms with Crippen LogP contribution in [0.1, 0.15) is 31.4 Å². The minimum atomic E-state index is -1.16. The molecular weight excluding hydrogens is 296 g/mol. The van der Waals surface area contributed by atoms with Crippen molar-refractivity contribution in [2.45, 2.75) is 25.4 Å². The van der Waals surface area contributed by atoms with E-state index in [1.54, 1.807) is 6.92 Å². The highest BCUT2D eigenvalue weighted by Gasteiger charge is 2.47. The molecule has 3 N–H and O–H groups in total. The number of nitrogens with one attached hydrogen (secondary N) is 3. The molecule has 0 bridgehead atoms. The van der Waals surface area contributed by atoms with E-state index in [2.05, 4.69) is 30.9 Å². The number of ketones is 1. The number of Topliss-reactive ketones (excluding diaryl/α,β-unsaturated/α-hetero) is 1. The molecular formula is C15H14N6O2. The molecule has 2 unspecified atom stereocenters. The summed E-state index contributed by atoms with van der Waals surface area (Å²) in [7, 11) is 0. The number of fused-ring (bicyclic) bond motifs is 2. The van der Waals surface area contributed by atoms with Crippen molar-refractivity contribution in [2.24, 2.45) is 0 Å². The molecule has 2 aromatic rings. The Morgan fingerprint density at radius 3 is 2.43 bits per heavy atom. The van der Waals surface area contributed by atoms with Gasteiger partial charge in [0.05, 0.1) is 11.4 Å². The smallest absolute Gasteiger partial charge is 0.242 e. The summed E-state index contributed by atoms with van der Waals surface area (Å²) < 4.78 is 0. The Labute approximate surface area is 131 Å². The fourth-order valence-corrected chi connectivity index (χ4v) is 2.95. The van der Waals surface area contributed by atoms with Crippen LogP contribution in [0.3, 0.4) is 0 Å². The summed E-state index contributed by atoms with van der Waals surface area (Å²) in [5.41, 5.74) is 1.80. The molecule has 0 saturated heterocycles. The lowest BCUT2D eigenvalue weighted by molar-refractivity contribution is -0.130. The second-order valence-electron chi connectivity index (χ2n) is 5.80. The lowest BCUT2D eigenvalue weighted by Gasteiger charge is -2.18. The monoisotopic (exact) mass is 310 g/mol. The van der Waals surface area contributed by atoms with Gasteiger partial charge in [-0.05, 0) is 26.0 Å². The van der Waals surface area contributed by atoms with Crippen LogP contribution in [-0.4, -0.2) is 26.6 Å². The standard InChI is InChI=1S/C15H14N6O2/c1-7(22)15(2)8-3-10-11(4-9(8)21-14(15)23)20-13(19-10)12-17-5-16-6-18-12/h3-6,13,19-20H,1-2H3,(H,21,23). The van der Waals surface area contributed by atoms with Gasteiger partial charge in [0.15, 0.2) is 12.0 Å². The minimum Gasteiger partial charge on any atom is -0.357 e. The van der Waals surface area contributed by atoms with Crippen LogP contribution in [0.5, 0.6) is 0 Å². The van der Waals surface area contributed by atoms with E-state index in [-0.39, 0.29) is 17.9 Å². The van der Waals surface area contributed by atoms with E-state index in [0.29, 0.717) is 17.1 Å². The van der Waals surface area contributed by atoms with Crippen molar-refractivity contribution in [2.75, 3.05) is 16.0 Å². The molecule has 8 heteroatoms. The molecule has 0 spiro atoms. The molecule has 0 radical (unpaired) electrons. The van der Waals surface area contributed by atoms with Gasteiger partial charge in [-0.15, -0.1) is 0 Å². The first-order chi connectivity index (χ1) is 11.0. The molecule has 1 aromatic carbocycles. The zero-order valence-corrected chi connectivity index (χ0v) is 12.5. The van der Waals surface area contributed by atoms with Crippen LogP contribution in [0.4, 0.5) is 17.1 Å². The van der Waals surface area contributed by atoms with Crippen LogP contribution in [-0.2, 0) is 15.0 Å². The third-order valence-electron chi connectivity index (χ3n) is 4.47. The van der Waals surface area contributed by atoms with Gasteiger partial charge in [0, 0.05) is 11.3 Å². The third-order valence-corrected chi connectivity index (χ3v) is 4.47. The number of carbonyl (C=O) groups excluding carboxylic acids is 2. The fourth-order valence-electron chi connectivity index (χ4n) is 2.95. The SMILES string of the molecule is CC(=O)C1(C)C(=O)Nc2cc3c(cc21)NC(c1ncncn1)N3. The van der Waals surface area contributed by atoms with Gasteiger partial charge in [-0.1, -0.05) is 0 Å². The lowest BCUT2D eigenvalue weighted by atomic mass is 9.80. The summed E-state index contributed by atoms with van der Waals surface area (Å²) in [6.45, 7) is 3.08. The van der Waals surface area contributed by atoms with Gasteiger partial charge in [-0.2, -0.15) is 0 Å². The molecule has 2 aliphatic rings. The van der Waals surface area contributed by atoms with Crippen molar-refractivity contribution in [1.82, 2.24) is 15.0 Å². The summed E-state index contributed by atoms with van der Waals surface area (Å²) in [4.78, 5) is 36.3. The Hall–Kier alpha value is -3.03. The van der Waals surface area contributed by atoms with Crippen LogP contribution in [0.15, 0.2) is 24.8 Å². The van der Waals surface area contributed by atoms with E-state index in [1.165, 1.54) is 19.6 Å². The molecule has 1 amide bonds. The predicted molar refractivity (Wildman–Crippen MR) is 82.9 cm³/mol. The topological polar surface area (TPSA) is 109 Å². The Morgan fingerprint density at radius 2 is 1.78 bits per heavy atom. The van der Waals surface area contributed by atoms with E-state index >= 15 is 0 Å². The first-order valence-electron chi connectivity index (χ1n) is 7.16. The molecule has 2 atom stereocenters. The van der Waals surface area contributed by atoms with Crippen molar-refractivity contribution >= 4 is 28.8 Å². The van der Waals surface area contributed by atoms with Gasteiger partial charge in [0.1, 0.15) is 23.9 Å². The number of carbonyl (C=O) groups is 2. The minimum absolute atomic E-state index is 0.186. The lowest BCUT2D eigenvalue weighted by Crippen LogP contribution is -2.37. The molecule has 116 valence electrons. The Bertz CT molecular complexity index is 837. The van der Waals surface area contributed by atoms with Gasteiger partial charge in [-0.25, -0.2) is 15.0 Å². The number of benzene rings is 1. The van der Waals surface area contributed by atoms with E-state index < -0.39 is 5.41 Å². The number of hydrogen-bond acceptors (Lipinski definition) is 7. The number of anilines is 3. The van der Waals surface area contributed by atoms with E-state index in [9.17, 15) is 9.59 Å². The number of hydrogen-bond donors (Lipinski definition) is 3. The summed E-state index contributed by atoms with van der Waals surface area (Å²) in [5.74, 6) is 0.0843. The summed E-state index contributed by atoms with van der Waals surface area (Å²) >= 11 is 0. The molecule has 23 heavy (non-hydrogen) atoms. The van der Waals surface area contributed by atoms with Gasteiger partial charge < -0.3 is 16.0 Å². The third kappa shape index (κ3) is 1.81. The van der Waals surface area contributed by atoms with Gasteiger partial charge in [0.2, 0.25) is 5.91 Å². The fraction of sp³-hybridized carbons (Fsp3) is 0.267. The van der Waals surface area contributed by atoms with Crippen molar-refractivity contribution in [3.63, 3.8) is 0 Å². The van der Waals surface area contributed by atoms with Gasteiger partial charge in [0.25, 0.3) is 0 Å². The zero-order valence-electron chi connectivity index (χ0n) is 12.5. The summed E-state index contributed by atoms with van der Waals surface area (Å²) in [6.07, 6.45) is 2.58. The summed E-state index contributed by atoms with van der Waals surface area (Å²) in [6, 6.07) is 3.66. The van der Waals surface area contributed by atoms with Crippen molar-refractivity contribution < 1.29 is 9.59 Å². The molecule has 3 heterocycles. The highest BCUT2D eigenvalue weighted by atomic mass is 16.2.